The van der Waals surface area contributed by atoms with Crippen molar-refractivity contribution in [3.8, 4) is 5.75 Å². The van der Waals surface area contributed by atoms with Gasteiger partial charge >= 0.3 is 5.97 Å². The van der Waals surface area contributed by atoms with Crippen molar-refractivity contribution in [1.29, 1.82) is 0 Å². The number of unbranched alkanes of at least 4 members (excludes halogenated alkanes) is 1. The number of carboxylic acid groups (broad SMARTS) is 1. The van der Waals surface area contributed by atoms with Gasteiger partial charge in [-0.3, -0.25) is 47.9 Å². The van der Waals surface area contributed by atoms with Gasteiger partial charge in [-0.05, 0) is 125 Å². The lowest BCUT2D eigenvalue weighted by Gasteiger charge is -2.33. The summed E-state index contributed by atoms with van der Waals surface area (Å²) < 4.78 is 0. The number of amides is 6. The zero-order valence-electron chi connectivity index (χ0n) is 45.0. The molecule has 2 heterocycles. The summed E-state index contributed by atoms with van der Waals surface area (Å²) in [6.07, 6.45) is 3.15. The van der Waals surface area contributed by atoms with Gasteiger partial charge in [0.05, 0.1) is 24.0 Å². The van der Waals surface area contributed by atoms with Gasteiger partial charge in [0.15, 0.2) is 17.3 Å². The number of thiol groups is 1. The van der Waals surface area contributed by atoms with Crippen molar-refractivity contribution in [2.45, 2.75) is 174 Å². The van der Waals surface area contributed by atoms with Crippen LogP contribution in [-0.2, 0) is 54.4 Å². The molecule has 0 spiro atoms. The van der Waals surface area contributed by atoms with Crippen molar-refractivity contribution < 1.29 is 58.2 Å². The van der Waals surface area contributed by atoms with Gasteiger partial charge in [-0.15, -0.1) is 0 Å². The number of nitrogens with zero attached hydrogens (tertiary/aromatic N) is 2. The highest BCUT2D eigenvalue weighted by Crippen LogP contribution is 2.30. The fraction of sp³-hybridized carbons (Fsp3) is 0.704. The maximum absolute atomic E-state index is 14.5. The second kappa shape index (κ2) is 31.6. The van der Waals surface area contributed by atoms with Crippen molar-refractivity contribution in [2.75, 3.05) is 38.5 Å². The first-order valence-corrected chi connectivity index (χ1v) is 27.4. The Kier molecular flexibility index (Phi) is 26.9. The van der Waals surface area contributed by atoms with Crippen molar-refractivity contribution in [1.82, 2.24) is 31.1 Å². The second-order valence-electron chi connectivity index (χ2n) is 21.8. The van der Waals surface area contributed by atoms with Crippen molar-refractivity contribution in [3.05, 3.63) is 29.8 Å². The van der Waals surface area contributed by atoms with Gasteiger partial charge in [0.25, 0.3) is 0 Å². The van der Waals surface area contributed by atoms with Gasteiger partial charge in [-0.1, -0.05) is 46.8 Å². The molecular weight excluding hydrogens is 985 g/mol. The molecule has 21 heteroatoms. The van der Waals surface area contributed by atoms with Crippen LogP contribution in [0.2, 0.25) is 0 Å². The average Bonchev–Trinajstić information content (AvgIpc) is 4.05. The smallest absolute Gasteiger partial charge is 0.306 e. The number of rotatable bonds is 33. The monoisotopic (exact) mass is 1070 g/mol. The molecule has 20 nitrogen and oxygen atoms in total. The summed E-state index contributed by atoms with van der Waals surface area (Å²) in [7, 11) is 0. The SMILES string of the molecule is CC(=O)N[C@@H](CCCCNC(=O)CCS)C(=O)N1CCC[C@H]1C(=O)N[C@@H](CCCN)C(=O)C[C@@H](CCN)C(=O)N1CCC[C@H]1C(=O)C[C@@H](Cc1ccc(O)cc1)C(=O)N[C@H](C(=O)C[C@@H](CC(C)C)C(=O)O)C(C)(C)C. The van der Waals surface area contributed by atoms with Gasteiger partial charge in [-0.2, -0.15) is 12.6 Å². The number of ketones is 3. The van der Waals surface area contributed by atoms with Gasteiger partial charge in [0, 0.05) is 64.1 Å². The summed E-state index contributed by atoms with van der Waals surface area (Å²) >= 11 is 4.07. The molecule has 0 bridgehead atoms. The van der Waals surface area contributed by atoms with E-state index in [9.17, 15) is 58.2 Å². The predicted molar refractivity (Wildman–Crippen MR) is 286 cm³/mol. The molecular formula is C54H86N8O12S. The first-order valence-electron chi connectivity index (χ1n) is 26.8. The molecule has 2 saturated heterocycles. The number of carbonyl (C=O) groups excluding carboxylic acids is 9. The molecule has 1 aromatic rings. The summed E-state index contributed by atoms with van der Waals surface area (Å²) in [5.41, 5.74) is 11.7. The van der Waals surface area contributed by atoms with Gasteiger partial charge in [0.2, 0.25) is 35.4 Å². The van der Waals surface area contributed by atoms with Crippen LogP contribution in [-0.4, -0.2) is 147 Å². The van der Waals surface area contributed by atoms with E-state index in [0.717, 1.165) is 0 Å². The Bertz CT molecular complexity index is 2120. The van der Waals surface area contributed by atoms with Crippen LogP contribution in [0.3, 0.4) is 0 Å². The highest BCUT2D eigenvalue weighted by molar-refractivity contribution is 7.80. The molecule has 0 radical (unpaired) electrons. The third kappa shape index (κ3) is 20.9. The van der Waals surface area contributed by atoms with Crippen LogP contribution < -0.4 is 32.7 Å². The maximum Gasteiger partial charge on any atom is 0.306 e. The molecule has 0 saturated carbocycles. The van der Waals surface area contributed by atoms with Crippen LogP contribution in [0.25, 0.3) is 0 Å². The van der Waals surface area contributed by atoms with E-state index < -0.39 is 106 Å². The molecule has 1 aromatic carbocycles. The molecule has 2 aliphatic heterocycles. The fourth-order valence-electron chi connectivity index (χ4n) is 10.1. The number of hydrogen-bond acceptors (Lipinski definition) is 14. The number of hydrogen-bond donors (Lipinski definition) is 9. The third-order valence-corrected chi connectivity index (χ3v) is 14.2. The van der Waals surface area contributed by atoms with Crippen molar-refractivity contribution >= 4 is 71.4 Å². The standard InChI is InChI=1S/C54H86N8O12S/c1-33(2)28-38(53(73)74)32-46(67)48(54(4,5)6)60-49(69)37(29-35-16-18-39(64)19-17-35)31-45(66)42-14-10-25-61(42)51(71)36(20-23-56)30-44(65)40(13-9-22-55)59-50(70)43-15-11-26-62(43)52(72)41(58-34(3)63)12-7-8-24-57-47(68)21-27-75/h16-19,33,36-38,40-43,48,64,75H,7-15,20-32,55-56H2,1-6H3,(H,57,68)(H,58,63)(H,59,70)(H,60,69)(H,73,74)/t36-,37-,38-,40+,41+,42+,43+,48-/m1/s1. The molecule has 10 N–H and O–H groups in total. The topological polar surface area (TPSA) is 318 Å². The molecule has 3 rings (SSSR count). The fourth-order valence-corrected chi connectivity index (χ4v) is 10.3. The van der Waals surface area contributed by atoms with Crippen LogP contribution in [0.5, 0.6) is 5.75 Å². The van der Waals surface area contributed by atoms with E-state index in [-0.39, 0.29) is 102 Å². The highest BCUT2D eigenvalue weighted by Gasteiger charge is 2.43. The van der Waals surface area contributed by atoms with Crippen LogP contribution in [0, 0.1) is 29.1 Å². The second-order valence-corrected chi connectivity index (χ2v) is 22.2. The van der Waals surface area contributed by atoms with Crippen molar-refractivity contribution in [2.24, 2.45) is 40.6 Å². The van der Waals surface area contributed by atoms with E-state index in [4.69, 9.17) is 11.5 Å². The molecule has 6 amide bonds. The number of nitrogens with two attached hydrogens (primary N) is 2. The Hall–Kier alpha value is -5.41. The number of aromatic hydroxyl groups is 1. The highest BCUT2D eigenvalue weighted by atomic mass is 32.1. The van der Waals surface area contributed by atoms with Crippen LogP contribution in [0.15, 0.2) is 24.3 Å². The normalized spacial score (nSPS) is 18.1. The molecule has 2 fully saturated rings. The van der Waals surface area contributed by atoms with E-state index in [0.29, 0.717) is 62.8 Å². The number of carbonyl (C=O) groups is 10. The Morgan fingerprint density at radius 2 is 1.35 bits per heavy atom. The minimum atomic E-state index is -1.11. The lowest BCUT2D eigenvalue weighted by atomic mass is 9.80. The van der Waals surface area contributed by atoms with Gasteiger partial charge in [-0.25, -0.2) is 0 Å². The lowest BCUT2D eigenvalue weighted by Crippen LogP contribution is -2.55. The summed E-state index contributed by atoms with van der Waals surface area (Å²) in [5.74, 6) is -7.58. The van der Waals surface area contributed by atoms with E-state index >= 15 is 0 Å². The zero-order chi connectivity index (χ0) is 56.0. The Morgan fingerprint density at radius 1 is 0.733 bits per heavy atom. The van der Waals surface area contributed by atoms with Gasteiger partial charge < -0.3 is 52.7 Å². The largest absolute Gasteiger partial charge is 0.508 e. The number of phenolic OH excluding ortho intramolecular Hbond substituents is 1. The van der Waals surface area contributed by atoms with Crippen molar-refractivity contribution in [3.63, 3.8) is 0 Å². The molecule has 75 heavy (non-hydrogen) atoms. The summed E-state index contributed by atoms with van der Waals surface area (Å²) in [6, 6.07) is 1.19. The Labute approximate surface area is 448 Å². The van der Waals surface area contributed by atoms with Crippen LogP contribution >= 0.6 is 12.6 Å². The Balaban J connectivity index is 1.81. The third-order valence-electron chi connectivity index (χ3n) is 14.0. The first kappa shape index (κ1) is 63.9. The van der Waals surface area contributed by atoms with E-state index in [1.807, 2.05) is 13.8 Å². The summed E-state index contributed by atoms with van der Waals surface area (Å²) in [5, 5.41) is 31.1. The molecule has 8 atom stereocenters. The molecule has 2 aliphatic rings. The number of benzene rings is 1. The lowest BCUT2D eigenvalue weighted by molar-refractivity contribution is -0.145. The zero-order valence-corrected chi connectivity index (χ0v) is 45.9. The molecule has 0 aromatic heterocycles. The number of carboxylic acids is 1. The average molecular weight is 1070 g/mol. The minimum absolute atomic E-state index is 0.00360. The minimum Gasteiger partial charge on any atom is -0.508 e. The first-order chi connectivity index (χ1) is 35.4. The van der Waals surface area contributed by atoms with E-state index in [2.05, 4.69) is 33.9 Å². The molecule has 420 valence electrons. The number of nitrogens with one attached hydrogen (secondary N) is 4. The molecule has 0 aliphatic carbocycles. The number of Topliss-reactive ketones (excluding diaryl/α,β-unsaturated/α-hetero) is 3. The summed E-state index contributed by atoms with van der Waals surface area (Å²) in [6.45, 7) is 11.4. The van der Waals surface area contributed by atoms with Crippen LogP contribution in [0.4, 0.5) is 0 Å². The van der Waals surface area contributed by atoms with Crippen LogP contribution in [0.1, 0.15) is 143 Å². The Morgan fingerprint density at radius 3 is 1.92 bits per heavy atom. The predicted octanol–water partition coefficient (Wildman–Crippen LogP) is 2.99. The van der Waals surface area contributed by atoms with E-state index in [1.54, 1.807) is 32.9 Å². The summed E-state index contributed by atoms with van der Waals surface area (Å²) in [4.78, 5) is 138. The quantitative estimate of drug-likeness (QED) is 0.0361. The van der Waals surface area contributed by atoms with Gasteiger partial charge in [0.1, 0.15) is 17.8 Å². The van der Waals surface area contributed by atoms with E-state index in [1.165, 1.54) is 28.9 Å². The maximum atomic E-state index is 14.5. The number of likely N-dealkylation sites (tertiary alicyclic amines) is 2. The number of phenols is 1. The number of aliphatic carboxylic acids is 1. The molecule has 0 unspecified atom stereocenters.